The number of ether oxygens (including phenoxy) is 1. The van der Waals surface area contributed by atoms with Crippen LogP contribution < -0.4 is 10.5 Å². The lowest BCUT2D eigenvalue weighted by Crippen LogP contribution is -2.45. The molecule has 2 amide bonds. The largest absolute Gasteiger partial charge is 0.497 e. The first-order chi connectivity index (χ1) is 8.32. The monoisotopic (exact) mass is 264 g/mol. The third-order valence-electron chi connectivity index (χ3n) is 1.87. The van der Waals surface area contributed by atoms with Crippen molar-refractivity contribution in [2.24, 2.45) is 5.73 Å². The number of rotatable bonds is 2. The molecule has 0 saturated carbocycles. The van der Waals surface area contributed by atoms with E-state index in [2.05, 4.69) is 5.73 Å². The van der Waals surface area contributed by atoms with Crippen LogP contribution in [0.25, 0.3) is 0 Å². The Morgan fingerprint density at radius 1 is 1.33 bits per heavy atom. The van der Waals surface area contributed by atoms with Crippen LogP contribution in [0.3, 0.4) is 0 Å². The van der Waals surface area contributed by atoms with E-state index in [4.69, 9.17) is 4.74 Å². The molecule has 102 valence electrons. The molecule has 1 aromatic carbocycles. The molecular weight excluding hydrogens is 249 g/mol. The number of benzene rings is 1. The van der Waals surface area contributed by atoms with Crippen LogP contribution in [0, 0.1) is 0 Å². The van der Waals surface area contributed by atoms with Gasteiger partial charge in [0.05, 0.1) is 7.11 Å². The standard InChI is InChI=1S/C7H8O.C4H7F3N2O/c1-8-7-5-3-2-4-6-7;1-2-9(3(8)10)4(5,6)7/h2-6H,1H3;2H2,1H3,(H2,8,10). The van der Waals surface area contributed by atoms with E-state index in [9.17, 15) is 18.0 Å². The number of halogens is 3. The second-order valence-corrected chi connectivity index (χ2v) is 3.07. The van der Waals surface area contributed by atoms with Crippen LogP contribution in [0.5, 0.6) is 5.75 Å². The smallest absolute Gasteiger partial charge is 0.488 e. The lowest BCUT2D eigenvalue weighted by Gasteiger charge is -2.20. The molecule has 0 aliphatic heterocycles. The Morgan fingerprint density at radius 3 is 2.00 bits per heavy atom. The number of methoxy groups -OCH3 is 1. The van der Waals surface area contributed by atoms with Crippen LogP contribution in [0.15, 0.2) is 30.3 Å². The van der Waals surface area contributed by atoms with E-state index < -0.39 is 18.9 Å². The number of carbonyl (C=O) groups excluding carboxylic acids is 1. The number of para-hydroxylation sites is 1. The van der Waals surface area contributed by atoms with Gasteiger partial charge in [-0.05, 0) is 19.1 Å². The average Bonchev–Trinajstić information content (AvgIpc) is 2.29. The zero-order valence-corrected chi connectivity index (χ0v) is 10.1. The molecule has 0 unspecified atom stereocenters. The van der Waals surface area contributed by atoms with E-state index in [1.54, 1.807) is 7.11 Å². The molecule has 0 atom stereocenters. The van der Waals surface area contributed by atoms with Gasteiger partial charge >= 0.3 is 12.3 Å². The van der Waals surface area contributed by atoms with Crippen LogP contribution in [-0.4, -0.2) is 30.9 Å². The van der Waals surface area contributed by atoms with Gasteiger partial charge in [-0.1, -0.05) is 18.2 Å². The molecule has 0 aliphatic carbocycles. The molecule has 0 spiro atoms. The number of hydrogen-bond donors (Lipinski definition) is 1. The minimum Gasteiger partial charge on any atom is -0.497 e. The molecule has 0 bridgehead atoms. The highest BCUT2D eigenvalue weighted by Gasteiger charge is 2.38. The SMILES string of the molecule is CCN(C(N)=O)C(F)(F)F.COc1ccccc1. The van der Waals surface area contributed by atoms with Crippen LogP contribution in [0.2, 0.25) is 0 Å². The van der Waals surface area contributed by atoms with Gasteiger partial charge in [0.15, 0.2) is 0 Å². The van der Waals surface area contributed by atoms with Gasteiger partial charge in [-0.25, -0.2) is 9.69 Å². The highest BCUT2D eigenvalue weighted by molar-refractivity contribution is 5.72. The summed E-state index contributed by atoms with van der Waals surface area (Å²) in [5, 5.41) is 0. The average molecular weight is 264 g/mol. The number of amides is 2. The summed E-state index contributed by atoms with van der Waals surface area (Å²) in [5.74, 6) is 0.910. The summed E-state index contributed by atoms with van der Waals surface area (Å²) in [6, 6.07) is 8.20. The molecule has 0 fully saturated rings. The van der Waals surface area contributed by atoms with E-state index in [1.165, 1.54) is 6.92 Å². The van der Waals surface area contributed by atoms with Crippen molar-refractivity contribution < 1.29 is 22.7 Å². The minimum absolute atomic E-state index is 0.382. The zero-order chi connectivity index (χ0) is 14.2. The maximum atomic E-state index is 11.6. The molecule has 0 heterocycles. The summed E-state index contributed by atoms with van der Waals surface area (Å²) in [5.41, 5.74) is 4.40. The first kappa shape index (κ1) is 16.1. The number of urea groups is 1. The molecule has 1 aromatic rings. The number of nitrogens with two attached hydrogens (primary N) is 1. The van der Waals surface area contributed by atoms with Crippen molar-refractivity contribution in [3.8, 4) is 5.75 Å². The third-order valence-corrected chi connectivity index (χ3v) is 1.87. The Balaban J connectivity index is 0.000000327. The molecule has 0 radical (unpaired) electrons. The topological polar surface area (TPSA) is 55.6 Å². The lowest BCUT2D eigenvalue weighted by atomic mass is 10.3. The van der Waals surface area contributed by atoms with E-state index in [0.29, 0.717) is 0 Å². The van der Waals surface area contributed by atoms with Crippen LogP contribution in [-0.2, 0) is 0 Å². The Bertz CT molecular complexity index is 355. The first-order valence-corrected chi connectivity index (χ1v) is 5.05. The Kier molecular flexibility index (Phi) is 6.62. The number of primary amides is 1. The Labute approximate surface area is 103 Å². The third kappa shape index (κ3) is 5.97. The van der Waals surface area contributed by atoms with Gasteiger partial charge in [-0.3, -0.25) is 0 Å². The summed E-state index contributed by atoms with van der Waals surface area (Å²) in [7, 11) is 1.66. The van der Waals surface area contributed by atoms with E-state index in [1.807, 2.05) is 30.3 Å². The number of nitrogens with zero attached hydrogens (tertiary/aromatic N) is 1. The fraction of sp³-hybridized carbons (Fsp3) is 0.364. The van der Waals surface area contributed by atoms with Gasteiger partial charge in [0.1, 0.15) is 5.75 Å². The van der Waals surface area contributed by atoms with Gasteiger partial charge in [0.25, 0.3) is 0 Å². The molecule has 2 N–H and O–H groups in total. The summed E-state index contributed by atoms with van der Waals surface area (Å²) in [6.45, 7) is 0.733. The summed E-state index contributed by atoms with van der Waals surface area (Å²) >= 11 is 0. The molecule has 1 rings (SSSR count). The Hall–Kier alpha value is -1.92. The first-order valence-electron chi connectivity index (χ1n) is 5.05. The highest BCUT2D eigenvalue weighted by Crippen LogP contribution is 2.19. The van der Waals surface area contributed by atoms with Gasteiger partial charge in [0.2, 0.25) is 0 Å². The maximum absolute atomic E-state index is 11.6. The van der Waals surface area contributed by atoms with E-state index in [0.717, 1.165) is 5.75 Å². The van der Waals surface area contributed by atoms with Gasteiger partial charge in [-0.2, -0.15) is 0 Å². The predicted molar refractivity (Wildman–Crippen MR) is 61.0 cm³/mol. The lowest BCUT2D eigenvalue weighted by molar-refractivity contribution is -0.221. The molecule has 0 aliphatic rings. The van der Waals surface area contributed by atoms with Gasteiger partial charge < -0.3 is 10.5 Å². The van der Waals surface area contributed by atoms with Crippen molar-refractivity contribution in [2.75, 3.05) is 13.7 Å². The molecule has 0 aromatic heterocycles. The second kappa shape index (κ2) is 7.41. The molecule has 4 nitrogen and oxygen atoms in total. The molecular formula is C11H15F3N2O2. The van der Waals surface area contributed by atoms with E-state index >= 15 is 0 Å². The van der Waals surface area contributed by atoms with Crippen molar-refractivity contribution in [1.29, 1.82) is 0 Å². The maximum Gasteiger partial charge on any atom is 0.488 e. The number of carbonyl (C=O) groups is 1. The van der Waals surface area contributed by atoms with Crippen molar-refractivity contribution in [3.05, 3.63) is 30.3 Å². The van der Waals surface area contributed by atoms with Gasteiger partial charge in [-0.15, -0.1) is 13.2 Å². The summed E-state index contributed by atoms with van der Waals surface area (Å²) in [4.78, 5) is 9.62. The van der Waals surface area contributed by atoms with Crippen LogP contribution >= 0.6 is 0 Å². The molecule has 18 heavy (non-hydrogen) atoms. The van der Waals surface area contributed by atoms with Gasteiger partial charge in [0, 0.05) is 6.54 Å². The van der Waals surface area contributed by atoms with Crippen LogP contribution in [0.4, 0.5) is 18.0 Å². The summed E-state index contributed by atoms with van der Waals surface area (Å²) in [6.07, 6.45) is -4.65. The fourth-order valence-electron chi connectivity index (χ4n) is 1.02. The van der Waals surface area contributed by atoms with Crippen molar-refractivity contribution in [1.82, 2.24) is 4.90 Å². The van der Waals surface area contributed by atoms with Crippen molar-refractivity contribution in [3.63, 3.8) is 0 Å². The normalized spacial score (nSPS) is 10.1. The quantitative estimate of drug-likeness (QED) is 0.835. The number of alkyl halides is 3. The summed E-state index contributed by atoms with van der Waals surface area (Å²) < 4.78 is 39.7. The predicted octanol–water partition coefficient (Wildman–Crippen LogP) is 2.60. The van der Waals surface area contributed by atoms with E-state index in [-0.39, 0.29) is 4.90 Å². The minimum atomic E-state index is -4.65. The Morgan fingerprint density at radius 2 is 1.83 bits per heavy atom. The van der Waals surface area contributed by atoms with Crippen molar-refractivity contribution >= 4 is 6.03 Å². The number of hydrogen-bond acceptors (Lipinski definition) is 2. The van der Waals surface area contributed by atoms with Crippen LogP contribution in [0.1, 0.15) is 6.92 Å². The fourth-order valence-corrected chi connectivity index (χ4v) is 1.02. The second-order valence-electron chi connectivity index (χ2n) is 3.07. The molecule has 7 heteroatoms. The highest BCUT2D eigenvalue weighted by atomic mass is 19.4. The molecule has 0 saturated heterocycles. The van der Waals surface area contributed by atoms with Crippen molar-refractivity contribution in [2.45, 2.75) is 13.2 Å². The zero-order valence-electron chi connectivity index (χ0n) is 10.1.